The van der Waals surface area contributed by atoms with Crippen molar-refractivity contribution in [2.45, 2.75) is 64.6 Å². The van der Waals surface area contributed by atoms with Crippen molar-refractivity contribution in [2.24, 2.45) is 4.99 Å². The molecule has 0 aliphatic carbocycles. The SMILES string of the molecule is Cc1nocc1-c1ccc2c(n1)CN=C2c1nc(N[C@H]2CCC(C)(C)NC2)ncc1C(C)(F)F. The van der Waals surface area contributed by atoms with Gasteiger partial charge in [0.25, 0.3) is 5.92 Å². The van der Waals surface area contributed by atoms with Gasteiger partial charge in [0.1, 0.15) is 12.0 Å². The van der Waals surface area contributed by atoms with E-state index in [1.165, 1.54) is 6.20 Å². The van der Waals surface area contributed by atoms with Crippen molar-refractivity contribution < 1.29 is 13.3 Å². The number of alkyl halides is 2. The van der Waals surface area contributed by atoms with E-state index in [0.717, 1.165) is 37.6 Å². The van der Waals surface area contributed by atoms with Crippen molar-refractivity contribution >= 4 is 11.7 Å². The summed E-state index contributed by atoms with van der Waals surface area (Å²) in [5.74, 6) is -2.81. The second-order valence-electron chi connectivity index (χ2n) is 9.66. The summed E-state index contributed by atoms with van der Waals surface area (Å²) in [7, 11) is 0. The van der Waals surface area contributed by atoms with Crippen LogP contribution in [0.1, 0.15) is 61.8 Å². The van der Waals surface area contributed by atoms with Gasteiger partial charge in [0, 0.05) is 36.8 Å². The average Bonchev–Trinajstić information content (AvgIpc) is 3.40. The van der Waals surface area contributed by atoms with E-state index in [2.05, 4.69) is 49.6 Å². The van der Waals surface area contributed by atoms with Gasteiger partial charge in [-0.15, -0.1) is 0 Å². The Labute approximate surface area is 196 Å². The number of nitrogens with zero attached hydrogens (tertiary/aromatic N) is 5. The van der Waals surface area contributed by atoms with Crippen molar-refractivity contribution in [3.8, 4) is 11.3 Å². The molecule has 0 spiro atoms. The summed E-state index contributed by atoms with van der Waals surface area (Å²) in [4.78, 5) is 18.0. The van der Waals surface area contributed by atoms with E-state index < -0.39 is 5.92 Å². The maximum Gasteiger partial charge on any atom is 0.274 e. The molecule has 0 saturated carbocycles. The lowest BCUT2D eigenvalue weighted by atomic mass is 9.91. The second kappa shape index (κ2) is 8.19. The molecular weight excluding hydrogens is 440 g/mol. The van der Waals surface area contributed by atoms with Crippen LogP contribution in [0, 0.1) is 6.92 Å². The van der Waals surface area contributed by atoms with Crippen LogP contribution in [0.5, 0.6) is 0 Å². The van der Waals surface area contributed by atoms with E-state index in [0.29, 0.717) is 28.6 Å². The minimum absolute atomic E-state index is 0.0809. The molecule has 34 heavy (non-hydrogen) atoms. The molecule has 2 aliphatic rings. The molecule has 8 nitrogen and oxygen atoms in total. The van der Waals surface area contributed by atoms with E-state index in [-0.39, 0.29) is 29.4 Å². The normalized spacial score (nSPS) is 19.6. The topological polar surface area (TPSA) is 101 Å². The Balaban J connectivity index is 1.47. The number of anilines is 1. The summed E-state index contributed by atoms with van der Waals surface area (Å²) in [6, 6.07) is 3.77. The molecule has 5 heterocycles. The quantitative estimate of drug-likeness (QED) is 0.579. The highest BCUT2D eigenvalue weighted by atomic mass is 19.3. The van der Waals surface area contributed by atoms with Gasteiger partial charge in [-0.1, -0.05) is 5.16 Å². The molecule has 0 amide bonds. The number of aryl methyl sites for hydroxylation is 1. The Morgan fingerprint density at radius 2 is 2.03 bits per heavy atom. The van der Waals surface area contributed by atoms with Crippen LogP contribution in [0.15, 0.2) is 34.1 Å². The average molecular weight is 468 g/mol. The molecule has 178 valence electrons. The highest BCUT2D eigenvalue weighted by molar-refractivity contribution is 6.14. The monoisotopic (exact) mass is 467 g/mol. The Hall–Kier alpha value is -3.27. The van der Waals surface area contributed by atoms with Gasteiger partial charge in [-0.3, -0.25) is 4.99 Å². The summed E-state index contributed by atoms with van der Waals surface area (Å²) in [5.41, 5.74) is 3.96. The van der Waals surface area contributed by atoms with Gasteiger partial charge in [0.2, 0.25) is 5.95 Å². The highest BCUT2D eigenvalue weighted by Gasteiger charge is 2.34. The van der Waals surface area contributed by atoms with Crippen molar-refractivity contribution in [2.75, 3.05) is 11.9 Å². The van der Waals surface area contributed by atoms with Crippen LogP contribution in [0.4, 0.5) is 14.7 Å². The van der Waals surface area contributed by atoms with Gasteiger partial charge in [-0.25, -0.2) is 23.7 Å². The van der Waals surface area contributed by atoms with Crippen molar-refractivity contribution in [3.05, 3.63) is 52.8 Å². The van der Waals surface area contributed by atoms with E-state index >= 15 is 0 Å². The molecule has 2 aliphatic heterocycles. The number of pyridine rings is 1. The van der Waals surface area contributed by atoms with Crippen LogP contribution in [0.2, 0.25) is 0 Å². The summed E-state index contributed by atoms with van der Waals surface area (Å²) in [6.45, 7) is 8.04. The van der Waals surface area contributed by atoms with Crippen LogP contribution in [-0.4, -0.2) is 43.9 Å². The standard InChI is InChI=1S/C24H27F2N7O/c1-13-16(12-34-33-13)18-6-5-15-19(31-18)11-27-20(15)21-17(24(4,25)26)10-28-22(32-21)30-14-7-8-23(2,3)29-9-14/h5-6,10,12,14,29H,7-9,11H2,1-4H3,(H,28,30,32)/t14-/m0/s1. The number of aliphatic imine (C=N–C) groups is 1. The molecule has 5 rings (SSSR count). The molecule has 1 saturated heterocycles. The number of hydrogen-bond donors (Lipinski definition) is 2. The molecule has 0 bridgehead atoms. The maximum atomic E-state index is 14.5. The first-order valence-corrected chi connectivity index (χ1v) is 11.3. The lowest BCUT2D eigenvalue weighted by Crippen LogP contribution is -2.50. The summed E-state index contributed by atoms with van der Waals surface area (Å²) in [5, 5.41) is 10.7. The fourth-order valence-electron chi connectivity index (χ4n) is 4.35. The Morgan fingerprint density at radius 1 is 1.21 bits per heavy atom. The summed E-state index contributed by atoms with van der Waals surface area (Å²) in [6.07, 6.45) is 4.67. The fraction of sp³-hybridized carbons (Fsp3) is 0.458. The molecule has 0 aromatic carbocycles. The van der Waals surface area contributed by atoms with Gasteiger partial charge < -0.3 is 15.2 Å². The first-order chi connectivity index (χ1) is 16.1. The molecule has 3 aromatic heterocycles. The zero-order valence-corrected chi connectivity index (χ0v) is 19.6. The van der Waals surface area contributed by atoms with Gasteiger partial charge >= 0.3 is 0 Å². The molecule has 1 atom stereocenters. The number of halogens is 2. The molecule has 1 fully saturated rings. The predicted molar refractivity (Wildman–Crippen MR) is 124 cm³/mol. The Kier molecular flexibility index (Phi) is 5.43. The number of aromatic nitrogens is 4. The first kappa shape index (κ1) is 22.5. The predicted octanol–water partition coefficient (Wildman–Crippen LogP) is 4.24. The van der Waals surface area contributed by atoms with Crippen LogP contribution in [-0.2, 0) is 12.5 Å². The number of piperidine rings is 1. The highest BCUT2D eigenvalue weighted by Crippen LogP contribution is 2.34. The van der Waals surface area contributed by atoms with E-state index in [1.807, 2.05) is 19.1 Å². The van der Waals surface area contributed by atoms with Gasteiger partial charge in [-0.05, 0) is 45.7 Å². The van der Waals surface area contributed by atoms with E-state index in [4.69, 9.17) is 4.52 Å². The zero-order valence-electron chi connectivity index (χ0n) is 19.6. The number of rotatable bonds is 5. The molecule has 0 unspecified atom stereocenters. The van der Waals surface area contributed by atoms with Crippen LogP contribution in [0.3, 0.4) is 0 Å². The first-order valence-electron chi connectivity index (χ1n) is 11.3. The summed E-state index contributed by atoms with van der Waals surface area (Å²) < 4.78 is 34.1. The smallest absolute Gasteiger partial charge is 0.274 e. The van der Waals surface area contributed by atoms with E-state index in [1.54, 1.807) is 6.26 Å². The van der Waals surface area contributed by atoms with Crippen LogP contribution >= 0.6 is 0 Å². The number of fused-ring (bicyclic) bond motifs is 1. The van der Waals surface area contributed by atoms with Gasteiger partial charge in [0.05, 0.1) is 40.5 Å². The van der Waals surface area contributed by atoms with Gasteiger partial charge in [0.15, 0.2) is 0 Å². The lowest BCUT2D eigenvalue weighted by molar-refractivity contribution is 0.0166. The Bertz CT molecular complexity index is 1250. The third-order valence-corrected chi connectivity index (χ3v) is 6.41. The third kappa shape index (κ3) is 4.29. The molecule has 0 radical (unpaired) electrons. The Morgan fingerprint density at radius 3 is 2.71 bits per heavy atom. The van der Waals surface area contributed by atoms with Gasteiger partial charge in [-0.2, -0.15) is 0 Å². The lowest BCUT2D eigenvalue weighted by Gasteiger charge is -2.36. The zero-order chi connectivity index (χ0) is 24.1. The minimum Gasteiger partial charge on any atom is -0.364 e. The third-order valence-electron chi connectivity index (χ3n) is 6.41. The van der Waals surface area contributed by atoms with Crippen LogP contribution < -0.4 is 10.6 Å². The largest absolute Gasteiger partial charge is 0.364 e. The van der Waals surface area contributed by atoms with Crippen molar-refractivity contribution in [1.29, 1.82) is 0 Å². The molecule has 3 aromatic rings. The molecule has 2 N–H and O–H groups in total. The van der Waals surface area contributed by atoms with E-state index in [9.17, 15) is 8.78 Å². The number of nitrogens with one attached hydrogen (secondary N) is 2. The van der Waals surface area contributed by atoms with Crippen molar-refractivity contribution in [1.82, 2.24) is 25.4 Å². The second-order valence-corrected chi connectivity index (χ2v) is 9.66. The van der Waals surface area contributed by atoms with Crippen LogP contribution in [0.25, 0.3) is 11.3 Å². The molecule has 10 heteroatoms. The summed E-state index contributed by atoms with van der Waals surface area (Å²) >= 11 is 0. The molecular formula is C24H27F2N7O. The minimum atomic E-state index is -3.12. The number of hydrogen-bond acceptors (Lipinski definition) is 8. The fourth-order valence-corrected chi connectivity index (χ4v) is 4.35. The maximum absolute atomic E-state index is 14.5. The van der Waals surface area contributed by atoms with Crippen molar-refractivity contribution in [3.63, 3.8) is 0 Å².